The van der Waals surface area contributed by atoms with Crippen molar-refractivity contribution in [3.05, 3.63) is 494 Å². The molecule has 0 amide bonds. The van der Waals surface area contributed by atoms with Gasteiger partial charge in [-0.15, -0.1) is 0 Å². The molecule has 148 heavy (non-hydrogen) atoms. The van der Waals surface area contributed by atoms with Crippen molar-refractivity contribution in [2.24, 2.45) is 0 Å². The van der Waals surface area contributed by atoms with Crippen molar-refractivity contribution in [2.75, 3.05) is 0 Å². The maximum absolute atomic E-state index is 5.06. The molecule has 24 aromatic rings. The Balaban J connectivity index is 0.000000103. The first-order valence-electron chi connectivity index (χ1n) is 52.0. The number of aromatic nitrogens is 14. The van der Waals surface area contributed by atoms with Crippen LogP contribution in [0.5, 0.6) is 0 Å². The summed E-state index contributed by atoms with van der Waals surface area (Å²) in [5.74, 6) is 1.46. The van der Waals surface area contributed by atoms with E-state index in [9.17, 15) is 0 Å². The van der Waals surface area contributed by atoms with E-state index in [4.69, 9.17) is 49.8 Å². The second-order valence-electron chi connectivity index (χ2n) is 38.7. The topological polar surface area (TPSA) is 149 Å². The van der Waals surface area contributed by atoms with Crippen molar-refractivity contribution < 1.29 is 0 Å². The number of fused-ring (bicyclic) bond motifs is 12. The van der Waals surface area contributed by atoms with Gasteiger partial charge in [0.1, 0.15) is 22.6 Å². The van der Waals surface area contributed by atoms with Crippen LogP contribution < -0.4 is 0 Å². The summed E-state index contributed by atoms with van der Waals surface area (Å²) >= 11 is 0. The summed E-state index contributed by atoms with van der Waals surface area (Å²) in [4.78, 5) is 49.3. The fraction of sp³-hybridized carbons (Fsp3) is 0.119. The van der Waals surface area contributed by atoms with Gasteiger partial charge in [-0.05, 0) is 281 Å². The molecule has 4 aliphatic carbocycles. The Labute approximate surface area is 861 Å². The smallest absolute Gasteiger partial charge is 0.160 e. The van der Waals surface area contributed by atoms with E-state index in [2.05, 4.69) is 346 Å². The molecule has 12 heterocycles. The van der Waals surface area contributed by atoms with Crippen LogP contribution in [0, 0.1) is 0 Å². The molecule has 0 aliphatic heterocycles. The normalized spacial score (nSPS) is 13.0. The van der Waals surface area contributed by atoms with Crippen molar-refractivity contribution in [2.45, 2.75) is 103 Å². The molecule has 0 spiro atoms. The molecular formula is C134H106N14. The fourth-order valence-corrected chi connectivity index (χ4v) is 22.4. The molecule has 0 atom stereocenters. The molecule has 0 saturated heterocycles. The van der Waals surface area contributed by atoms with Gasteiger partial charge < -0.3 is 0 Å². The Morgan fingerprint density at radius 3 is 0.601 bits per heavy atom. The average Bonchev–Trinajstić information content (AvgIpc) is 1.60. The lowest BCUT2D eigenvalue weighted by atomic mass is 9.96. The zero-order valence-electron chi connectivity index (χ0n) is 82.3. The van der Waals surface area contributed by atoms with E-state index in [0.717, 1.165) is 209 Å². The van der Waals surface area contributed by atoms with Gasteiger partial charge in [0.05, 0.1) is 45.6 Å². The molecule has 712 valence electrons. The summed E-state index contributed by atoms with van der Waals surface area (Å²) in [7, 11) is 0. The van der Waals surface area contributed by atoms with Crippen molar-refractivity contribution in [3.8, 4) is 158 Å². The van der Waals surface area contributed by atoms with Crippen molar-refractivity contribution >= 4 is 44.1 Å². The first kappa shape index (κ1) is 91.1. The average molecular weight is 1910 g/mol. The minimum atomic E-state index is 0.729. The number of hydrogen-bond donors (Lipinski definition) is 0. The number of rotatable bonds is 16. The van der Waals surface area contributed by atoms with E-state index in [-0.39, 0.29) is 0 Å². The van der Waals surface area contributed by atoms with Crippen molar-refractivity contribution in [1.29, 1.82) is 0 Å². The molecule has 0 radical (unpaired) electrons. The molecule has 0 bridgehead atoms. The summed E-state index contributed by atoms with van der Waals surface area (Å²) in [6.45, 7) is 0. The van der Waals surface area contributed by atoms with E-state index in [1.165, 1.54) is 140 Å². The van der Waals surface area contributed by atoms with Crippen LogP contribution in [0.1, 0.15) is 96.4 Å². The molecular weight excluding hydrogens is 1810 g/mol. The first-order chi connectivity index (χ1) is 73.4. The van der Waals surface area contributed by atoms with Gasteiger partial charge >= 0.3 is 0 Å². The van der Waals surface area contributed by atoms with E-state index in [1.54, 1.807) is 0 Å². The predicted octanol–water partition coefficient (Wildman–Crippen LogP) is 32.0. The minimum Gasteiger partial charge on any atom is -0.298 e. The second-order valence-corrected chi connectivity index (χ2v) is 38.7. The zero-order chi connectivity index (χ0) is 98.4. The third-order valence-electron chi connectivity index (χ3n) is 29.4. The zero-order valence-corrected chi connectivity index (χ0v) is 82.3. The molecule has 14 nitrogen and oxygen atoms in total. The maximum atomic E-state index is 5.06. The molecule has 0 saturated carbocycles. The van der Waals surface area contributed by atoms with Gasteiger partial charge in [0.25, 0.3) is 0 Å². The lowest BCUT2D eigenvalue weighted by molar-refractivity contribution is 0.666. The van der Waals surface area contributed by atoms with Gasteiger partial charge in [0, 0.05) is 147 Å². The predicted molar refractivity (Wildman–Crippen MR) is 603 cm³/mol. The highest BCUT2D eigenvalue weighted by Gasteiger charge is 2.29. The van der Waals surface area contributed by atoms with Gasteiger partial charge in [-0.3, -0.25) is 18.3 Å². The number of benzene rings is 12. The Hall–Kier alpha value is -18.1. The molecule has 0 N–H and O–H groups in total. The lowest BCUT2D eigenvalue weighted by Gasteiger charge is -2.17. The van der Waals surface area contributed by atoms with Crippen LogP contribution in [0.15, 0.2) is 449 Å². The van der Waals surface area contributed by atoms with E-state index in [0.29, 0.717) is 0 Å². The number of pyridine rings is 6. The van der Waals surface area contributed by atoms with Crippen LogP contribution >= 0.6 is 0 Å². The van der Waals surface area contributed by atoms with Crippen molar-refractivity contribution in [1.82, 2.24) is 68.1 Å². The van der Waals surface area contributed by atoms with Crippen LogP contribution in [0.2, 0.25) is 0 Å². The van der Waals surface area contributed by atoms with Crippen molar-refractivity contribution in [3.63, 3.8) is 0 Å². The standard InChI is InChI=1S/2C34H27N3.2C33H26N4/c2*1-3-11-24(12-4-1)31-22-27(23-32(36-31)25-13-5-2-6-14-25)26-15-9-16-28(21-26)37-33-19-8-7-17-29(33)30-18-10-20-35-34(30)37;2*1-3-11-23(12-4-1)29-22-30(36-32(35-29)24-13-5-2-6-14-24)25-15-9-16-26(21-25)37-31-19-8-7-17-27(31)28-18-10-20-34-33(28)37/h2*1-6,9-16,18,20-23H,7-8,17,19H2;2*1-6,9-16,18,20-22H,7-8,17,19H2. The Kier molecular flexibility index (Phi) is 25.4. The number of hydrogen-bond acceptors (Lipinski definition) is 10. The quantitative estimate of drug-likeness (QED) is 0.0915. The summed E-state index contributed by atoms with van der Waals surface area (Å²) in [5, 5.41) is 5.15. The molecule has 0 fully saturated rings. The number of aryl methyl sites for hydroxylation is 4. The van der Waals surface area contributed by atoms with Crippen LogP contribution in [0.25, 0.3) is 202 Å². The lowest BCUT2D eigenvalue weighted by Crippen LogP contribution is -2.07. The fourth-order valence-electron chi connectivity index (χ4n) is 22.4. The van der Waals surface area contributed by atoms with Crippen LogP contribution in [0.4, 0.5) is 0 Å². The summed E-state index contributed by atoms with van der Waals surface area (Å²) in [6, 6.07) is 148. The highest BCUT2D eigenvalue weighted by molar-refractivity contribution is 5.91. The van der Waals surface area contributed by atoms with Crippen LogP contribution in [-0.2, 0) is 51.4 Å². The summed E-state index contributed by atoms with van der Waals surface area (Å²) in [5.41, 5.74) is 43.3. The minimum absolute atomic E-state index is 0.729. The Morgan fingerprint density at radius 2 is 0.351 bits per heavy atom. The van der Waals surface area contributed by atoms with Gasteiger partial charge in [-0.1, -0.05) is 291 Å². The molecule has 4 aliphatic rings. The molecule has 12 aromatic carbocycles. The van der Waals surface area contributed by atoms with E-state index < -0.39 is 0 Å². The van der Waals surface area contributed by atoms with E-state index in [1.807, 2.05) is 122 Å². The third kappa shape index (κ3) is 18.5. The maximum Gasteiger partial charge on any atom is 0.160 e. The van der Waals surface area contributed by atoms with Gasteiger partial charge in [0.2, 0.25) is 0 Å². The highest BCUT2D eigenvalue weighted by Crippen LogP contribution is 2.44. The Morgan fingerprint density at radius 1 is 0.149 bits per heavy atom. The SMILES string of the molecule is c1ccc(-c2cc(-c3cccc(-n4c5c(c6cccnc64)CCCC5)c3)cc(-c3ccccc3)n2)cc1.c1ccc(-c2cc(-c3cccc(-n4c5c(c6cccnc64)CCCC5)c3)cc(-c3ccccc3)n2)cc1.c1ccc(-c2cc(-c3cccc(-n4c5c(c6cccnc64)CCCC5)c3)nc(-c3ccccc3)n2)cc1.c1ccc(-c2cc(-c3cccc(-n4c5c(c6cccnc64)CCCC5)c3)nc(-c3ccccc3)n2)cc1. The highest BCUT2D eigenvalue weighted by atomic mass is 15.1. The van der Waals surface area contributed by atoms with E-state index >= 15 is 0 Å². The largest absolute Gasteiger partial charge is 0.298 e. The summed E-state index contributed by atoms with van der Waals surface area (Å²) in [6.07, 6.45) is 26.4. The molecule has 14 heteroatoms. The molecule has 0 unspecified atom stereocenters. The molecule has 28 rings (SSSR count). The van der Waals surface area contributed by atoms with Crippen LogP contribution in [0.3, 0.4) is 0 Å². The molecule has 12 aromatic heterocycles. The van der Waals surface area contributed by atoms with Gasteiger partial charge in [-0.25, -0.2) is 49.8 Å². The summed E-state index contributed by atoms with van der Waals surface area (Å²) < 4.78 is 9.52. The monoisotopic (exact) mass is 1910 g/mol. The van der Waals surface area contributed by atoms with Gasteiger partial charge in [0.15, 0.2) is 11.6 Å². The first-order valence-corrected chi connectivity index (χ1v) is 52.0. The second kappa shape index (κ2) is 41.3. The van der Waals surface area contributed by atoms with Gasteiger partial charge in [-0.2, -0.15) is 0 Å². The Bertz CT molecular complexity index is 7680. The van der Waals surface area contributed by atoms with Crippen LogP contribution in [-0.4, -0.2) is 68.1 Å². The third-order valence-corrected chi connectivity index (χ3v) is 29.4. The number of nitrogens with zero attached hydrogens (tertiary/aromatic N) is 14.